The Kier molecular flexibility index (Phi) is 4.52. The number of aryl methyl sites for hydroxylation is 1. The maximum atomic E-state index is 13.8. The number of carbonyl (C=O) groups excluding carboxylic acids is 1. The molecule has 3 aromatic heterocycles. The van der Waals surface area contributed by atoms with Gasteiger partial charge in [-0.1, -0.05) is 29.0 Å². The third kappa shape index (κ3) is 3.44. The monoisotopic (exact) mass is 376 g/mol. The molecule has 0 saturated heterocycles. The van der Waals surface area contributed by atoms with Gasteiger partial charge < -0.3 is 5.73 Å². The Hall–Kier alpha value is -3.68. The van der Waals surface area contributed by atoms with E-state index in [2.05, 4.69) is 20.3 Å². The zero-order chi connectivity index (χ0) is 19.7. The maximum Gasteiger partial charge on any atom is 0.174 e. The molecule has 2 N–H and O–H groups in total. The van der Waals surface area contributed by atoms with Crippen LogP contribution in [0.2, 0.25) is 0 Å². The first kappa shape index (κ1) is 17.7. The van der Waals surface area contributed by atoms with Gasteiger partial charge in [0.25, 0.3) is 0 Å². The van der Waals surface area contributed by atoms with Crippen LogP contribution in [0.4, 0.5) is 10.2 Å². The Bertz CT molecular complexity index is 1170. The lowest BCUT2D eigenvalue weighted by atomic mass is 10.0. The molecular weight excluding hydrogens is 359 g/mol. The van der Waals surface area contributed by atoms with Gasteiger partial charge in [-0.3, -0.25) is 4.79 Å². The Morgan fingerprint density at radius 2 is 1.96 bits per heavy atom. The number of nitrogens with two attached hydrogens (primary N) is 1. The van der Waals surface area contributed by atoms with Crippen LogP contribution in [-0.2, 0) is 17.6 Å². The number of ketones is 1. The highest BCUT2D eigenvalue weighted by Crippen LogP contribution is 2.26. The van der Waals surface area contributed by atoms with Crippen molar-refractivity contribution in [1.82, 2.24) is 24.8 Å². The van der Waals surface area contributed by atoms with Crippen molar-refractivity contribution in [3.05, 3.63) is 71.7 Å². The molecule has 0 spiro atoms. The van der Waals surface area contributed by atoms with Crippen molar-refractivity contribution in [2.24, 2.45) is 0 Å². The van der Waals surface area contributed by atoms with Crippen LogP contribution in [0.25, 0.3) is 16.6 Å². The van der Waals surface area contributed by atoms with E-state index in [1.54, 1.807) is 35.2 Å². The number of Topliss-reactive ketones (excluding diaryl/α,β-unsaturated/α-hetero) is 1. The van der Waals surface area contributed by atoms with Crippen LogP contribution < -0.4 is 5.73 Å². The van der Waals surface area contributed by atoms with Crippen molar-refractivity contribution < 1.29 is 9.18 Å². The number of carbonyl (C=O) groups is 1. The number of halogens is 1. The summed E-state index contributed by atoms with van der Waals surface area (Å²) in [4.78, 5) is 20.9. The molecule has 7 nitrogen and oxygen atoms in total. The Morgan fingerprint density at radius 3 is 2.75 bits per heavy atom. The largest absolute Gasteiger partial charge is 0.380 e. The van der Waals surface area contributed by atoms with Gasteiger partial charge in [0.1, 0.15) is 22.9 Å². The van der Waals surface area contributed by atoms with Crippen LogP contribution in [0.15, 0.2) is 48.9 Å². The van der Waals surface area contributed by atoms with E-state index in [1.165, 1.54) is 6.07 Å². The minimum absolute atomic E-state index is 0.00988. The summed E-state index contributed by atoms with van der Waals surface area (Å²) in [5.74, 6) is 0.169. The van der Waals surface area contributed by atoms with Gasteiger partial charge in [-0.05, 0) is 24.6 Å². The van der Waals surface area contributed by atoms with Gasteiger partial charge in [0.05, 0.1) is 6.42 Å². The number of hydrogen-bond donors (Lipinski definition) is 1. The first-order valence-corrected chi connectivity index (χ1v) is 8.69. The lowest BCUT2D eigenvalue weighted by molar-refractivity contribution is -0.117. The number of aromatic nitrogens is 5. The summed E-state index contributed by atoms with van der Waals surface area (Å²) in [5, 5.41) is 7.81. The van der Waals surface area contributed by atoms with Crippen molar-refractivity contribution in [1.29, 1.82) is 0 Å². The lowest BCUT2D eigenvalue weighted by Gasteiger charge is -2.06. The van der Waals surface area contributed by atoms with E-state index in [0.717, 1.165) is 16.7 Å². The number of nitrogens with zero attached hydrogens (tertiary/aromatic N) is 5. The molecule has 0 aliphatic carbocycles. The smallest absolute Gasteiger partial charge is 0.174 e. The van der Waals surface area contributed by atoms with E-state index in [0.29, 0.717) is 22.7 Å². The van der Waals surface area contributed by atoms with E-state index in [9.17, 15) is 9.18 Å². The number of benzene rings is 1. The number of fused-ring (bicyclic) bond motifs is 1. The van der Waals surface area contributed by atoms with Gasteiger partial charge in [-0.15, -0.1) is 5.10 Å². The number of rotatable bonds is 5. The minimum atomic E-state index is -0.379. The second-order valence-electron chi connectivity index (χ2n) is 6.56. The quantitative estimate of drug-likeness (QED) is 0.575. The zero-order valence-electron chi connectivity index (χ0n) is 15.1. The van der Waals surface area contributed by atoms with Crippen LogP contribution in [0.1, 0.15) is 17.0 Å². The van der Waals surface area contributed by atoms with Crippen LogP contribution in [0, 0.1) is 12.7 Å². The Balaban J connectivity index is 1.52. The third-order valence-corrected chi connectivity index (χ3v) is 4.43. The normalized spacial score (nSPS) is 11.1. The zero-order valence-corrected chi connectivity index (χ0v) is 15.1. The van der Waals surface area contributed by atoms with Crippen molar-refractivity contribution in [2.75, 3.05) is 5.73 Å². The predicted molar refractivity (Wildman–Crippen MR) is 102 cm³/mol. The highest BCUT2D eigenvalue weighted by Gasteiger charge is 2.13. The Labute approximate surface area is 160 Å². The molecule has 140 valence electrons. The average molecular weight is 376 g/mol. The lowest BCUT2D eigenvalue weighted by Crippen LogP contribution is -2.10. The Morgan fingerprint density at radius 1 is 1.18 bits per heavy atom. The first-order valence-electron chi connectivity index (χ1n) is 8.69. The predicted octanol–water partition coefficient (Wildman–Crippen LogP) is 2.57. The highest BCUT2D eigenvalue weighted by atomic mass is 19.1. The SMILES string of the molecule is Cc1ccc(F)c(CC(=O)Cc2ncc(-c3cccn4nnc(N)c34)cn2)c1. The molecule has 0 fully saturated rings. The van der Waals surface area contributed by atoms with Gasteiger partial charge in [0.15, 0.2) is 5.82 Å². The van der Waals surface area contributed by atoms with E-state index in [4.69, 9.17) is 5.73 Å². The maximum absolute atomic E-state index is 13.8. The molecule has 0 amide bonds. The van der Waals surface area contributed by atoms with Gasteiger partial charge in [-0.2, -0.15) is 0 Å². The fourth-order valence-corrected chi connectivity index (χ4v) is 3.08. The molecule has 4 rings (SSSR count). The second kappa shape index (κ2) is 7.15. The molecule has 0 aliphatic heterocycles. The summed E-state index contributed by atoms with van der Waals surface area (Å²) in [5.41, 5.74) is 9.40. The number of hydrogen-bond acceptors (Lipinski definition) is 6. The summed E-state index contributed by atoms with van der Waals surface area (Å²) in [6.45, 7) is 1.86. The molecule has 0 unspecified atom stereocenters. The molecule has 0 aliphatic rings. The summed E-state index contributed by atoms with van der Waals surface area (Å²) in [6.07, 6.45) is 5.06. The van der Waals surface area contributed by atoms with Crippen LogP contribution in [0.3, 0.4) is 0 Å². The summed E-state index contributed by atoms with van der Waals surface area (Å²) >= 11 is 0. The second-order valence-corrected chi connectivity index (χ2v) is 6.56. The standard InChI is InChI=1S/C20H17FN6O/c1-12-4-5-17(21)13(7-12)8-15(28)9-18-23-10-14(11-24-18)16-3-2-6-27-19(16)20(22)25-26-27/h2-7,10-11H,8-9,22H2,1H3. The summed E-state index contributed by atoms with van der Waals surface area (Å²) < 4.78 is 15.4. The van der Waals surface area contributed by atoms with Crippen LogP contribution >= 0.6 is 0 Å². The molecule has 4 aromatic rings. The third-order valence-electron chi connectivity index (χ3n) is 4.43. The number of anilines is 1. The average Bonchev–Trinajstić information content (AvgIpc) is 3.07. The molecule has 1 aromatic carbocycles. The van der Waals surface area contributed by atoms with Gasteiger partial charge in [0, 0.05) is 36.1 Å². The van der Waals surface area contributed by atoms with Gasteiger partial charge >= 0.3 is 0 Å². The van der Waals surface area contributed by atoms with E-state index in [1.807, 2.05) is 19.1 Å². The molecule has 3 heterocycles. The van der Waals surface area contributed by atoms with Crippen molar-refractivity contribution in [2.45, 2.75) is 19.8 Å². The van der Waals surface area contributed by atoms with E-state index < -0.39 is 0 Å². The summed E-state index contributed by atoms with van der Waals surface area (Å²) in [7, 11) is 0. The molecule has 0 radical (unpaired) electrons. The number of nitrogen functional groups attached to an aromatic ring is 1. The highest BCUT2D eigenvalue weighted by molar-refractivity contribution is 5.86. The molecule has 0 bridgehead atoms. The molecule has 8 heteroatoms. The molecular formula is C20H17FN6O. The topological polar surface area (TPSA) is 99.1 Å². The van der Waals surface area contributed by atoms with Crippen molar-refractivity contribution >= 4 is 17.1 Å². The van der Waals surface area contributed by atoms with Gasteiger partial charge in [-0.25, -0.2) is 18.9 Å². The minimum Gasteiger partial charge on any atom is -0.380 e. The van der Waals surface area contributed by atoms with E-state index >= 15 is 0 Å². The number of pyridine rings is 1. The molecule has 0 atom stereocenters. The summed E-state index contributed by atoms with van der Waals surface area (Å²) in [6, 6.07) is 8.43. The van der Waals surface area contributed by atoms with Gasteiger partial charge in [0.2, 0.25) is 0 Å². The molecule has 0 saturated carbocycles. The van der Waals surface area contributed by atoms with Crippen LogP contribution in [0.5, 0.6) is 0 Å². The fraction of sp³-hybridized carbons (Fsp3) is 0.150. The van der Waals surface area contributed by atoms with Crippen molar-refractivity contribution in [3.8, 4) is 11.1 Å². The van der Waals surface area contributed by atoms with Crippen LogP contribution in [-0.4, -0.2) is 30.6 Å². The molecule has 28 heavy (non-hydrogen) atoms. The fourth-order valence-electron chi connectivity index (χ4n) is 3.08. The first-order chi connectivity index (χ1) is 13.5. The van der Waals surface area contributed by atoms with E-state index in [-0.39, 0.29) is 24.4 Å². The van der Waals surface area contributed by atoms with Crippen molar-refractivity contribution in [3.63, 3.8) is 0 Å².